The van der Waals surface area contributed by atoms with Crippen LogP contribution in [0.2, 0.25) is 0 Å². The normalized spacial score (nSPS) is 11.0. The highest BCUT2D eigenvalue weighted by Gasteiger charge is 2.07. The summed E-state index contributed by atoms with van der Waals surface area (Å²) in [5.41, 5.74) is 0. The molecule has 0 saturated heterocycles. The van der Waals surface area contributed by atoms with Gasteiger partial charge in [-0.3, -0.25) is 4.79 Å². The molecule has 0 aliphatic rings. The van der Waals surface area contributed by atoms with E-state index in [0.29, 0.717) is 0 Å². The van der Waals surface area contributed by atoms with E-state index in [0.717, 1.165) is 25.9 Å². The smallest absolute Gasteiger partial charge is 0.322 e. The van der Waals surface area contributed by atoms with Gasteiger partial charge in [0.2, 0.25) is 0 Å². The molecule has 0 fully saturated rings. The predicted molar refractivity (Wildman–Crippen MR) is 90.1 cm³/mol. The van der Waals surface area contributed by atoms with E-state index in [1.54, 1.807) is 0 Å². The molecule has 3 nitrogen and oxygen atoms in total. The van der Waals surface area contributed by atoms with E-state index in [1.807, 2.05) is 5.06 Å². The van der Waals surface area contributed by atoms with Crippen molar-refractivity contribution in [2.45, 2.75) is 97.8 Å². The molecule has 0 aromatic carbocycles. The Labute approximate surface area is 132 Å². The lowest BCUT2D eigenvalue weighted by molar-refractivity contribution is -0.188. The summed E-state index contributed by atoms with van der Waals surface area (Å²) in [6.45, 7) is 7.75. The molecule has 0 unspecified atom stereocenters. The first kappa shape index (κ1) is 20.4. The van der Waals surface area contributed by atoms with E-state index in [2.05, 4.69) is 13.8 Å². The molecule has 3 heteroatoms. The average Bonchev–Trinajstić information content (AvgIpc) is 2.45. The molecule has 0 radical (unpaired) electrons. The van der Waals surface area contributed by atoms with E-state index >= 15 is 0 Å². The fourth-order valence-corrected chi connectivity index (χ4v) is 2.52. The van der Waals surface area contributed by atoms with Crippen LogP contribution >= 0.6 is 0 Å². The van der Waals surface area contributed by atoms with Gasteiger partial charge in [-0.2, -0.15) is 0 Å². The predicted octanol–water partition coefficient (Wildman–Crippen LogP) is 5.49. The van der Waals surface area contributed by atoms with Crippen LogP contribution in [-0.2, 0) is 9.63 Å². The number of hydroxylamine groups is 2. The van der Waals surface area contributed by atoms with Crippen molar-refractivity contribution < 1.29 is 9.63 Å². The molecule has 0 spiro atoms. The van der Waals surface area contributed by atoms with Crippen molar-refractivity contribution in [2.75, 3.05) is 13.1 Å². The van der Waals surface area contributed by atoms with Gasteiger partial charge in [-0.05, 0) is 12.8 Å². The molecular weight excluding hydrogens is 262 g/mol. The van der Waals surface area contributed by atoms with Crippen LogP contribution in [0.25, 0.3) is 0 Å². The zero-order valence-corrected chi connectivity index (χ0v) is 14.7. The Hall–Kier alpha value is -0.570. The highest BCUT2D eigenvalue weighted by atomic mass is 16.7. The monoisotopic (exact) mass is 299 g/mol. The van der Waals surface area contributed by atoms with Crippen LogP contribution in [-0.4, -0.2) is 24.1 Å². The SMILES string of the molecule is CCCCCCCCN(CCCCCCCC)OC(C)=O. The number of hydrogen-bond donors (Lipinski definition) is 0. The van der Waals surface area contributed by atoms with Crippen molar-refractivity contribution in [3.63, 3.8) is 0 Å². The average molecular weight is 299 g/mol. The highest BCUT2D eigenvalue weighted by Crippen LogP contribution is 2.09. The Morgan fingerprint density at radius 1 is 0.714 bits per heavy atom. The van der Waals surface area contributed by atoms with Gasteiger partial charge in [-0.25, -0.2) is 0 Å². The first-order chi connectivity index (χ1) is 10.2. The van der Waals surface area contributed by atoms with E-state index in [1.165, 1.54) is 71.1 Å². The first-order valence-electron chi connectivity index (χ1n) is 9.14. The Kier molecular flexibility index (Phi) is 15.4. The van der Waals surface area contributed by atoms with Crippen molar-refractivity contribution in [3.05, 3.63) is 0 Å². The molecule has 0 aliphatic carbocycles. The number of rotatable bonds is 15. The van der Waals surface area contributed by atoms with Gasteiger partial charge in [-0.1, -0.05) is 78.1 Å². The molecule has 0 saturated carbocycles. The maximum atomic E-state index is 11.1. The van der Waals surface area contributed by atoms with Gasteiger partial charge in [0, 0.05) is 20.0 Å². The highest BCUT2D eigenvalue weighted by molar-refractivity contribution is 5.65. The topological polar surface area (TPSA) is 29.5 Å². The number of nitrogens with zero attached hydrogens (tertiary/aromatic N) is 1. The quantitative estimate of drug-likeness (QED) is 0.296. The fourth-order valence-electron chi connectivity index (χ4n) is 2.52. The molecule has 0 bridgehead atoms. The van der Waals surface area contributed by atoms with Gasteiger partial charge >= 0.3 is 5.97 Å². The summed E-state index contributed by atoms with van der Waals surface area (Å²) >= 11 is 0. The summed E-state index contributed by atoms with van der Waals surface area (Å²) in [5.74, 6) is -0.188. The molecule has 0 heterocycles. The van der Waals surface area contributed by atoms with E-state index in [-0.39, 0.29) is 5.97 Å². The summed E-state index contributed by atoms with van der Waals surface area (Å²) in [4.78, 5) is 16.4. The summed E-state index contributed by atoms with van der Waals surface area (Å²) in [5, 5.41) is 1.88. The van der Waals surface area contributed by atoms with Crippen LogP contribution < -0.4 is 0 Å². The Morgan fingerprint density at radius 2 is 1.10 bits per heavy atom. The van der Waals surface area contributed by atoms with Crippen LogP contribution in [0, 0.1) is 0 Å². The summed E-state index contributed by atoms with van der Waals surface area (Å²) in [6.07, 6.45) is 15.3. The van der Waals surface area contributed by atoms with Gasteiger partial charge < -0.3 is 4.84 Å². The zero-order valence-electron chi connectivity index (χ0n) is 14.7. The number of hydrogen-bond acceptors (Lipinski definition) is 3. The lowest BCUT2D eigenvalue weighted by atomic mass is 10.1. The third-order valence-electron chi connectivity index (χ3n) is 3.78. The third kappa shape index (κ3) is 15.6. The number of carbonyl (C=O) groups excluding carboxylic acids is 1. The van der Waals surface area contributed by atoms with Crippen LogP contribution in [0.3, 0.4) is 0 Å². The minimum absolute atomic E-state index is 0.188. The van der Waals surface area contributed by atoms with E-state index in [4.69, 9.17) is 4.84 Å². The van der Waals surface area contributed by atoms with Gasteiger partial charge in [0.25, 0.3) is 0 Å². The van der Waals surface area contributed by atoms with Crippen LogP contribution in [0.4, 0.5) is 0 Å². The molecule has 0 rings (SSSR count). The largest absolute Gasteiger partial charge is 0.368 e. The van der Waals surface area contributed by atoms with E-state index in [9.17, 15) is 4.79 Å². The third-order valence-corrected chi connectivity index (χ3v) is 3.78. The molecular formula is C18H37NO2. The van der Waals surface area contributed by atoms with Crippen LogP contribution in [0.5, 0.6) is 0 Å². The molecule has 21 heavy (non-hydrogen) atoms. The summed E-state index contributed by atoms with van der Waals surface area (Å²) < 4.78 is 0. The second-order valence-electron chi connectivity index (χ2n) is 6.05. The second-order valence-corrected chi connectivity index (χ2v) is 6.05. The standard InChI is InChI=1S/C18H37NO2/c1-4-6-8-10-12-14-16-19(21-18(3)20)17-15-13-11-9-7-5-2/h4-17H2,1-3H3. The molecule has 0 N–H and O–H groups in total. The van der Waals surface area contributed by atoms with Gasteiger partial charge in [0.15, 0.2) is 0 Å². The molecule has 0 aromatic rings. The Bertz CT molecular complexity index is 215. The van der Waals surface area contributed by atoms with Crippen molar-refractivity contribution in [1.29, 1.82) is 0 Å². The molecule has 0 aromatic heterocycles. The Balaban J connectivity index is 3.64. The molecule has 0 atom stereocenters. The van der Waals surface area contributed by atoms with Crippen molar-refractivity contribution >= 4 is 5.97 Å². The van der Waals surface area contributed by atoms with Crippen molar-refractivity contribution in [3.8, 4) is 0 Å². The molecule has 0 amide bonds. The zero-order chi connectivity index (χ0) is 15.8. The van der Waals surface area contributed by atoms with Crippen molar-refractivity contribution in [1.82, 2.24) is 5.06 Å². The van der Waals surface area contributed by atoms with Gasteiger partial charge in [-0.15, -0.1) is 5.06 Å². The minimum Gasteiger partial charge on any atom is -0.368 e. The van der Waals surface area contributed by atoms with Crippen molar-refractivity contribution in [2.24, 2.45) is 0 Å². The maximum absolute atomic E-state index is 11.1. The lowest BCUT2D eigenvalue weighted by Crippen LogP contribution is -2.28. The summed E-state index contributed by atoms with van der Waals surface area (Å²) in [6, 6.07) is 0. The maximum Gasteiger partial charge on any atom is 0.322 e. The van der Waals surface area contributed by atoms with E-state index < -0.39 is 0 Å². The molecule has 126 valence electrons. The fraction of sp³-hybridized carbons (Fsp3) is 0.944. The number of unbranched alkanes of at least 4 members (excludes halogenated alkanes) is 10. The van der Waals surface area contributed by atoms with Gasteiger partial charge in [0.1, 0.15) is 0 Å². The second kappa shape index (κ2) is 15.8. The van der Waals surface area contributed by atoms with Gasteiger partial charge in [0.05, 0.1) is 0 Å². The van der Waals surface area contributed by atoms with Crippen LogP contribution in [0.15, 0.2) is 0 Å². The first-order valence-corrected chi connectivity index (χ1v) is 9.14. The number of carbonyl (C=O) groups is 1. The van der Waals surface area contributed by atoms with Crippen LogP contribution in [0.1, 0.15) is 97.8 Å². The Morgan fingerprint density at radius 3 is 1.48 bits per heavy atom. The lowest BCUT2D eigenvalue weighted by Gasteiger charge is -2.20. The minimum atomic E-state index is -0.188. The molecule has 0 aliphatic heterocycles. The summed E-state index contributed by atoms with van der Waals surface area (Å²) in [7, 11) is 0.